The smallest absolute Gasteiger partial charge is 0.134 e. The number of nitrogens with one attached hydrogen (secondary N) is 2. The Morgan fingerprint density at radius 3 is 2.33 bits per heavy atom. The Balaban J connectivity index is 2.07. The van der Waals surface area contributed by atoms with Crippen molar-refractivity contribution >= 4 is 11.6 Å². The first kappa shape index (κ1) is 15.2. The zero-order valence-electron chi connectivity index (χ0n) is 12.9. The van der Waals surface area contributed by atoms with Crippen molar-refractivity contribution in [2.45, 2.75) is 33.1 Å². The minimum absolute atomic E-state index is 0.365. The normalized spacial score (nSPS) is 10.7. The van der Waals surface area contributed by atoms with Crippen molar-refractivity contribution in [2.24, 2.45) is 0 Å². The van der Waals surface area contributed by atoms with Crippen LogP contribution in [-0.2, 0) is 6.42 Å². The van der Waals surface area contributed by atoms with Gasteiger partial charge in [-0.05, 0) is 37.0 Å². The highest BCUT2D eigenvalue weighted by molar-refractivity contribution is 5.59. The summed E-state index contributed by atoms with van der Waals surface area (Å²) in [6, 6.07) is 4.07. The van der Waals surface area contributed by atoms with Gasteiger partial charge in [-0.15, -0.1) is 0 Å². The molecular formula is C16H23N5. The molecule has 112 valence electrons. The van der Waals surface area contributed by atoms with Crippen LogP contribution in [0.2, 0.25) is 0 Å². The van der Waals surface area contributed by atoms with E-state index in [1.165, 1.54) is 5.56 Å². The topological polar surface area (TPSA) is 62.7 Å². The van der Waals surface area contributed by atoms with E-state index in [4.69, 9.17) is 0 Å². The quantitative estimate of drug-likeness (QED) is 0.818. The Morgan fingerprint density at radius 1 is 1.05 bits per heavy atom. The van der Waals surface area contributed by atoms with Crippen molar-refractivity contribution in [1.82, 2.24) is 15.0 Å². The summed E-state index contributed by atoms with van der Waals surface area (Å²) < 4.78 is 0. The zero-order chi connectivity index (χ0) is 15.1. The van der Waals surface area contributed by atoms with Gasteiger partial charge in [0.15, 0.2) is 0 Å². The van der Waals surface area contributed by atoms with Crippen LogP contribution in [0.3, 0.4) is 0 Å². The first-order chi connectivity index (χ1) is 10.2. The highest BCUT2D eigenvalue weighted by atomic mass is 15.1. The SMILES string of the molecule is CCNc1ncnc(NCCc2ccncc2)c1C(C)C. The van der Waals surface area contributed by atoms with Gasteiger partial charge in [0.2, 0.25) is 0 Å². The van der Waals surface area contributed by atoms with Gasteiger partial charge in [0.1, 0.15) is 18.0 Å². The van der Waals surface area contributed by atoms with Crippen LogP contribution in [0.1, 0.15) is 37.8 Å². The van der Waals surface area contributed by atoms with Gasteiger partial charge >= 0.3 is 0 Å². The maximum absolute atomic E-state index is 4.40. The molecule has 0 radical (unpaired) electrons. The third-order valence-electron chi connectivity index (χ3n) is 3.26. The molecule has 2 N–H and O–H groups in total. The van der Waals surface area contributed by atoms with Gasteiger partial charge < -0.3 is 10.6 Å². The molecule has 21 heavy (non-hydrogen) atoms. The monoisotopic (exact) mass is 285 g/mol. The molecule has 0 fully saturated rings. The van der Waals surface area contributed by atoms with Gasteiger partial charge in [0, 0.05) is 31.0 Å². The summed E-state index contributed by atoms with van der Waals surface area (Å²) in [6.45, 7) is 8.09. The van der Waals surface area contributed by atoms with Gasteiger partial charge in [-0.3, -0.25) is 4.98 Å². The molecule has 0 aliphatic rings. The molecule has 0 saturated heterocycles. The Labute approximate surface area is 126 Å². The van der Waals surface area contributed by atoms with Crippen molar-refractivity contribution in [2.75, 3.05) is 23.7 Å². The summed E-state index contributed by atoms with van der Waals surface area (Å²) in [6.07, 6.45) is 6.20. The van der Waals surface area contributed by atoms with Crippen LogP contribution >= 0.6 is 0 Å². The van der Waals surface area contributed by atoms with E-state index in [0.717, 1.165) is 36.7 Å². The molecule has 5 nitrogen and oxygen atoms in total. The largest absolute Gasteiger partial charge is 0.370 e. The minimum Gasteiger partial charge on any atom is -0.370 e. The molecule has 0 amide bonds. The van der Waals surface area contributed by atoms with Crippen LogP contribution in [0.25, 0.3) is 0 Å². The van der Waals surface area contributed by atoms with E-state index in [9.17, 15) is 0 Å². The van der Waals surface area contributed by atoms with Gasteiger partial charge in [-0.25, -0.2) is 9.97 Å². The standard InChI is InChI=1S/C16H23N5/c1-4-18-15-14(12(2)3)16(21-11-20-15)19-10-7-13-5-8-17-9-6-13/h5-6,8-9,11-12H,4,7,10H2,1-3H3,(H2,18,19,20,21). The van der Waals surface area contributed by atoms with Crippen LogP contribution in [0.15, 0.2) is 30.9 Å². The second-order valence-corrected chi connectivity index (χ2v) is 5.20. The first-order valence-corrected chi connectivity index (χ1v) is 7.44. The number of hydrogen-bond acceptors (Lipinski definition) is 5. The number of rotatable bonds is 7. The molecule has 2 rings (SSSR count). The van der Waals surface area contributed by atoms with Gasteiger partial charge in [-0.2, -0.15) is 0 Å². The molecule has 2 heterocycles. The van der Waals surface area contributed by atoms with E-state index < -0.39 is 0 Å². The van der Waals surface area contributed by atoms with E-state index in [0.29, 0.717) is 5.92 Å². The van der Waals surface area contributed by atoms with Gasteiger partial charge in [0.25, 0.3) is 0 Å². The zero-order valence-corrected chi connectivity index (χ0v) is 12.9. The highest BCUT2D eigenvalue weighted by Crippen LogP contribution is 2.28. The Hall–Kier alpha value is -2.17. The lowest BCUT2D eigenvalue weighted by molar-refractivity contribution is 0.842. The van der Waals surface area contributed by atoms with Gasteiger partial charge in [-0.1, -0.05) is 13.8 Å². The predicted octanol–water partition coefficient (Wildman–Crippen LogP) is 3.08. The van der Waals surface area contributed by atoms with Gasteiger partial charge in [0.05, 0.1) is 0 Å². The first-order valence-electron chi connectivity index (χ1n) is 7.44. The van der Waals surface area contributed by atoms with E-state index in [-0.39, 0.29) is 0 Å². The molecule has 0 bridgehead atoms. The Kier molecular flexibility index (Phi) is 5.49. The molecule has 2 aromatic rings. The second kappa shape index (κ2) is 7.57. The molecule has 0 atom stereocenters. The summed E-state index contributed by atoms with van der Waals surface area (Å²) in [7, 11) is 0. The number of aromatic nitrogens is 3. The average Bonchev–Trinajstić information content (AvgIpc) is 2.48. The predicted molar refractivity (Wildman–Crippen MR) is 86.7 cm³/mol. The Bertz CT molecular complexity index is 554. The maximum atomic E-state index is 4.40. The van der Waals surface area contributed by atoms with Crippen molar-refractivity contribution in [3.8, 4) is 0 Å². The van der Waals surface area contributed by atoms with Crippen molar-refractivity contribution < 1.29 is 0 Å². The molecule has 0 unspecified atom stereocenters. The molecule has 0 aromatic carbocycles. The number of nitrogens with zero attached hydrogens (tertiary/aromatic N) is 3. The van der Waals surface area contributed by atoms with Crippen LogP contribution in [0, 0.1) is 0 Å². The molecule has 0 aliphatic heterocycles. The van der Waals surface area contributed by atoms with Crippen LogP contribution < -0.4 is 10.6 Å². The lowest BCUT2D eigenvalue weighted by atomic mass is 10.0. The number of anilines is 2. The van der Waals surface area contributed by atoms with Crippen LogP contribution in [0.5, 0.6) is 0 Å². The molecule has 5 heteroatoms. The summed E-state index contributed by atoms with van der Waals surface area (Å²) in [4.78, 5) is 12.8. The molecule has 0 aliphatic carbocycles. The van der Waals surface area contributed by atoms with E-state index >= 15 is 0 Å². The minimum atomic E-state index is 0.365. The third kappa shape index (κ3) is 4.15. The summed E-state index contributed by atoms with van der Waals surface area (Å²) >= 11 is 0. The van der Waals surface area contributed by atoms with Crippen molar-refractivity contribution in [3.05, 3.63) is 42.0 Å². The van der Waals surface area contributed by atoms with Crippen LogP contribution in [-0.4, -0.2) is 28.0 Å². The van der Waals surface area contributed by atoms with Crippen molar-refractivity contribution in [1.29, 1.82) is 0 Å². The fourth-order valence-electron chi connectivity index (χ4n) is 2.27. The lowest BCUT2D eigenvalue weighted by Crippen LogP contribution is -2.13. The van der Waals surface area contributed by atoms with Crippen molar-refractivity contribution in [3.63, 3.8) is 0 Å². The number of pyridine rings is 1. The molecule has 0 saturated carbocycles. The van der Waals surface area contributed by atoms with Crippen LogP contribution in [0.4, 0.5) is 11.6 Å². The average molecular weight is 285 g/mol. The number of hydrogen-bond donors (Lipinski definition) is 2. The van der Waals surface area contributed by atoms with E-state index in [2.05, 4.69) is 46.4 Å². The summed E-state index contributed by atoms with van der Waals surface area (Å²) in [5.41, 5.74) is 2.42. The fourth-order valence-corrected chi connectivity index (χ4v) is 2.27. The Morgan fingerprint density at radius 2 is 1.71 bits per heavy atom. The summed E-state index contributed by atoms with van der Waals surface area (Å²) in [5.74, 6) is 2.21. The summed E-state index contributed by atoms with van der Waals surface area (Å²) in [5, 5.41) is 6.74. The van der Waals surface area contributed by atoms with E-state index in [1.54, 1.807) is 6.33 Å². The molecular weight excluding hydrogens is 262 g/mol. The third-order valence-corrected chi connectivity index (χ3v) is 3.26. The van der Waals surface area contributed by atoms with E-state index in [1.807, 2.05) is 24.5 Å². The fraction of sp³-hybridized carbons (Fsp3) is 0.438. The lowest BCUT2D eigenvalue weighted by Gasteiger charge is -2.17. The molecule has 0 spiro atoms. The molecule has 2 aromatic heterocycles. The highest BCUT2D eigenvalue weighted by Gasteiger charge is 2.14. The second-order valence-electron chi connectivity index (χ2n) is 5.20. The maximum Gasteiger partial charge on any atom is 0.134 e.